The molecule has 0 saturated heterocycles. The van der Waals surface area contributed by atoms with E-state index in [0.717, 1.165) is 11.4 Å². The van der Waals surface area contributed by atoms with Gasteiger partial charge in [0, 0.05) is 18.2 Å². The summed E-state index contributed by atoms with van der Waals surface area (Å²) in [5, 5.41) is 1.09. The van der Waals surface area contributed by atoms with Gasteiger partial charge in [-0.1, -0.05) is 6.92 Å². The second-order valence-corrected chi connectivity index (χ2v) is 3.71. The lowest BCUT2D eigenvalue weighted by Gasteiger charge is -2.07. The summed E-state index contributed by atoms with van der Waals surface area (Å²) in [5.74, 6) is 0. The van der Waals surface area contributed by atoms with Gasteiger partial charge in [-0.05, 0) is 13.3 Å². The highest BCUT2D eigenvalue weighted by molar-refractivity contribution is 7.11. The van der Waals surface area contributed by atoms with Gasteiger partial charge in [-0.15, -0.1) is 11.3 Å². The quantitative estimate of drug-likeness (QED) is 0.697. The zero-order chi connectivity index (χ0) is 8.27. The summed E-state index contributed by atoms with van der Waals surface area (Å²) in [6.07, 6.45) is 3.07. The zero-order valence-corrected chi connectivity index (χ0v) is 7.94. The van der Waals surface area contributed by atoms with E-state index >= 15 is 0 Å². The molecule has 1 aromatic rings. The van der Waals surface area contributed by atoms with E-state index in [4.69, 9.17) is 4.74 Å². The number of methoxy groups -OCH3 is 1. The lowest BCUT2D eigenvalue weighted by atomic mass is 10.3. The Morgan fingerprint density at radius 3 is 2.82 bits per heavy atom. The Bertz CT molecular complexity index is 218. The molecule has 0 aliphatic carbocycles. The van der Waals surface area contributed by atoms with Crippen molar-refractivity contribution in [3.05, 3.63) is 16.1 Å². The van der Waals surface area contributed by atoms with E-state index in [-0.39, 0.29) is 6.10 Å². The Hall–Kier alpha value is -0.410. The van der Waals surface area contributed by atoms with Crippen LogP contribution in [0.15, 0.2) is 6.20 Å². The molecule has 0 aromatic carbocycles. The molecule has 0 amide bonds. The average Bonchev–Trinajstić information content (AvgIpc) is 2.39. The first-order valence-electron chi connectivity index (χ1n) is 3.73. The fourth-order valence-electron chi connectivity index (χ4n) is 0.963. The average molecular weight is 171 g/mol. The lowest BCUT2D eigenvalue weighted by molar-refractivity contribution is 0.0998. The first-order valence-corrected chi connectivity index (χ1v) is 4.54. The van der Waals surface area contributed by atoms with Gasteiger partial charge in [-0.2, -0.15) is 0 Å². The molecule has 1 rings (SSSR count). The minimum atomic E-state index is 0.189. The number of hydrogen-bond donors (Lipinski definition) is 0. The van der Waals surface area contributed by atoms with Crippen molar-refractivity contribution < 1.29 is 4.74 Å². The van der Waals surface area contributed by atoms with Crippen LogP contribution in [-0.4, -0.2) is 12.1 Å². The van der Waals surface area contributed by atoms with Crippen LogP contribution in [0.2, 0.25) is 0 Å². The maximum Gasteiger partial charge on any atom is 0.122 e. The van der Waals surface area contributed by atoms with E-state index in [2.05, 4.69) is 18.8 Å². The summed E-state index contributed by atoms with van der Waals surface area (Å²) >= 11 is 1.71. The molecule has 0 saturated carbocycles. The molecule has 1 aromatic heterocycles. The summed E-state index contributed by atoms with van der Waals surface area (Å²) in [4.78, 5) is 5.50. The number of ether oxygens (including phenoxy) is 1. The predicted molar refractivity (Wildman–Crippen MR) is 46.9 cm³/mol. The largest absolute Gasteiger partial charge is 0.374 e. The van der Waals surface area contributed by atoms with Crippen LogP contribution in [0.4, 0.5) is 0 Å². The number of thiazole rings is 1. The summed E-state index contributed by atoms with van der Waals surface area (Å²) in [6.45, 7) is 4.16. The van der Waals surface area contributed by atoms with Crippen LogP contribution in [0.1, 0.15) is 29.3 Å². The number of nitrogens with zero attached hydrogens (tertiary/aromatic N) is 1. The van der Waals surface area contributed by atoms with Crippen molar-refractivity contribution in [3.63, 3.8) is 0 Å². The second-order valence-electron chi connectivity index (χ2n) is 2.44. The highest BCUT2D eigenvalue weighted by atomic mass is 32.1. The molecule has 0 N–H and O–H groups in total. The monoisotopic (exact) mass is 171 g/mol. The lowest BCUT2D eigenvalue weighted by Crippen LogP contribution is -1.97. The normalized spacial score (nSPS) is 13.4. The second kappa shape index (κ2) is 3.83. The molecular formula is C8H13NOS. The first kappa shape index (κ1) is 8.68. The van der Waals surface area contributed by atoms with E-state index in [1.807, 2.05) is 6.20 Å². The van der Waals surface area contributed by atoms with E-state index in [0.29, 0.717) is 0 Å². The van der Waals surface area contributed by atoms with Gasteiger partial charge in [0.1, 0.15) is 11.1 Å². The van der Waals surface area contributed by atoms with Gasteiger partial charge >= 0.3 is 0 Å². The van der Waals surface area contributed by atoms with E-state index < -0.39 is 0 Å². The molecule has 1 heterocycles. The highest BCUT2D eigenvalue weighted by Crippen LogP contribution is 2.24. The molecule has 0 bridgehead atoms. The molecule has 0 spiro atoms. The SMILES string of the molecule is CCC(OC)c1ncc(C)s1. The zero-order valence-electron chi connectivity index (χ0n) is 7.13. The Morgan fingerprint density at radius 2 is 2.45 bits per heavy atom. The summed E-state index contributed by atoms with van der Waals surface area (Å²) < 4.78 is 5.25. The molecule has 11 heavy (non-hydrogen) atoms. The van der Waals surface area contributed by atoms with Gasteiger partial charge in [0.25, 0.3) is 0 Å². The predicted octanol–water partition coefficient (Wildman–Crippen LogP) is 2.55. The molecular weight excluding hydrogens is 158 g/mol. The van der Waals surface area contributed by atoms with Gasteiger partial charge in [-0.3, -0.25) is 0 Å². The van der Waals surface area contributed by atoms with Crippen molar-refractivity contribution in [2.75, 3.05) is 7.11 Å². The van der Waals surface area contributed by atoms with E-state index in [1.165, 1.54) is 4.88 Å². The van der Waals surface area contributed by atoms with Gasteiger partial charge in [0.15, 0.2) is 0 Å². The Kier molecular flexibility index (Phi) is 3.02. The van der Waals surface area contributed by atoms with Crippen LogP contribution in [-0.2, 0) is 4.74 Å². The van der Waals surface area contributed by atoms with Gasteiger partial charge < -0.3 is 4.74 Å². The third kappa shape index (κ3) is 2.01. The fourth-order valence-corrected chi connectivity index (χ4v) is 1.90. The van der Waals surface area contributed by atoms with E-state index in [9.17, 15) is 0 Å². The van der Waals surface area contributed by atoms with E-state index in [1.54, 1.807) is 18.4 Å². The van der Waals surface area contributed by atoms with Crippen molar-refractivity contribution in [1.29, 1.82) is 0 Å². The molecule has 2 nitrogen and oxygen atoms in total. The van der Waals surface area contributed by atoms with Crippen LogP contribution >= 0.6 is 11.3 Å². The van der Waals surface area contributed by atoms with Crippen LogP contribution in [0.25, 0.3) is 0 Å². The summed E-state index contributed by atoms with van der Waals surface area (Å²) in [7, 11) is 1.73. The summed E-state index contributed by atoms with van der Waals surface area (Å²) in [6, 6.07) is 0. The molecule has 1 atom stereocenters. The van der Waals surface area contributed by atoms with Gasteiger partial charge in [-0.25, -0.2) is 4.98 Å². The minimum absolute atomic E-state index is 0.189. The van der Waals surface area contributed by atoms with Crippen molar-refractivity contribution in [2.24, 2.45) is 0 Å². The molecule has 62 valence electrons. The van der Waals surface area contributed by atoms with Crippen molar-refractivity contribution in [2.45, 2.75) is 26.4 Å². The highest BCUT2D eigenvalue weighted by Gasteiger charge is 2.10. The van der Waals surface area contributed by atoms with Crippen molar-refractivity contribution in [3.8, 4) is 0 Å². The number of aryl methyl sites for hydroxylation is 1. The Morgan fingerprint density at radius 1 is 1.73 bits per heavy atom. The maximum absolute atomic E-state index is 5.25. The molecule has 0 aliphatic rings. The number of hydrogen-bond acceptors (Lipinski definition) is 3. The molecule has 0 radical (unpaired) electrons. The number of rotatable bonds is 3. The smallest absolute Gasteiger partial charge is 0.122 e. The van der Waals surface area contributed by atoms with Gasteiger partial charge in [0.05, 0.1) is 0 Å². The fraction of sp³-hybridized carbons (Fsp3) is 0.625. The molecule has 0 fully saturated rings. The third-order valence-corrected chi connectivity index (χ3v) is 2.57. The van der Waals surface area contributed by atoms with Crippen LogP contribution in [0.5, 0.6) is 0 Å². The standard InChI is InChI=1S/C8H13NOS/c1-4-7(10-3)8-9-5-6(2)11-8/h5,7H,4H2,1-3H3. The topological polar surface area (TPSA) is 22.1 Å². The summed E-state index contributed by atoms with van der Waals surface area (Å²) in [5.41, 5.74) is 0. The van der Waals surface area contributed by atoms with Crippen molar-refractivity contribution in [1.82, 2.24) is 4.98 Å². The third-order valence-electron chi connectivity index (χ3n) is 1.57. The minimum Gasteiger partial charge on any atom is -0.374 e. The Balaban J connectivity index is 2.73. The van der Waals surface area contributed by atoms with Crippen LogP contribution in [0.3, 0.4) is 0 Å². The van der Waals surface area contributed by atoms with Crippen LogP contribution in [0, 0.1) is 6.92 Å². The molecule has 0 aliphatic heterocycles. The first-order chi connectivity index (χ1) is 5.27. The molecule has 1 unspecified atom stereocenters. The maximum atomic E-state index is 5.25. The Labute approximate surface area is 71.2 Å². The van der Waals surface area contributed by atoms with Crippen molar-refractivity contribution >= 4 is 11.3 Å². The van der Waals surface area contributed by atoms with Crippen LogP contribution < -0.4 is 0 Å². The van der Waals surface area contributed by atoms with Gasteiger partial charge in [0.2, 0.25) is 0 Å². The number of aromatic nitrogens is 1. The molecule has 3 heteroatoms.